The Morgan fingerprint density at radius 3 is 2.20 bits per heavy atom. The van der Waals surface area contributed by atoms with Gasteiger partial charge in [0.15, 0.2) is 0 Å². The molecule has 0 radical (unpaired) electrons. The van der Waals surface area contributed by atoms with E-state index < -0.39 is 6.10 Å². The van der Waals surface area contributed by atoms with Crippen LogP contribution in [0.5, 0.6) is 11.5 Å². The van der Waals surface area contributed by atoms with E-state index in [1.807, 2.05) is 25.1 Å². The van der Waals surface area contributed by atoms with Gasteiger partial charge in [-0.2, -0.15) is 0 Å². The Balaban J connectivity index is 2.06. The number of aromatic nitrogens is 1. The lowest BCUT2D eigenvalue weighted by molar-refractivity contribution is 0.169. The zero-order valence-electron chi connectivity index (χ0n) is 12.2. The van der Waals surface area contributed by atoms with Gasteiger partial charge in [0.2, 0.25) is 0 Å². The van der Waals surface area contributed by atoms with E-state index in [4.69, 9.17) is 4.74 Å². The van der Waals surface area contributed by atoms with Crippen LogP contribution in [0.25, 0.3) is 0 Å². The van der Waals surface area contributed by atoms with Gasteiger partial charge in [-0.3, -0.25) is 4.98 Å². The predicted molar refractivity (Wildman–Crippen MR) is 80.1 cm³/mol. The van der Waals surface area contributed by atoms with E-state index in [0.717, 1.165) is 5.75 Å². The molecular weight excluding hydrogens is 250 g/mol. The van der Waals surface area contributed by atoms with Crippen LogP contribution in [0.4, 0.5) is 0 Å². The third-order valence-corrected chi connectivity index (χ3v) is 3.27. The summed E-state index contributed by atoms with van der Waals surface area (Å²) >= 11 is 0. The number of benzene rings is 1. The summed E-state index contributed by atoms with van der Waals surface area (Å²) in [5.74, 6) is 1.98. The number of pyridine rings is 1. The molecule has 20 heavy (non-hydrogen) atoms. The number of aliphatic hydroxyl groups excluding tert-OH is 1. The average Bonchev–Trinajstić information content (AvgIpc) is 2.48. The van der Waals surface area contributed by atoms with Gasteiger partial charge in [-0.15, -0.1) is 0 Å². The van der Waals surface area contributed by atoms with Crippen LogP contribution in [-0.4, -0.2) is 10.1 Å². The maximum Gasteiger partial charge on any atom is 0.145 e. The Kier molecular flexibility index (Phi) is 4.74. The van der Waals surface area contributed by atoms with Crippen LogP contribution < -0.4 is 4.74 Å². The monoisotopic (exact) mass is 271 g/mol. The van der Waals surface area contributed by atoms with Crippen molar-refractivity contribution in [1.82, 2.24) is 4.98 Å². The maximum absolute atomic E-state index is 9.69. The molecule has 3 heteroatoms. The van der Waals surface area contributed by atoms with Gasteiger partial charge in [-0.1, -0.05) is 32.9 Å². The van der Waals surface area contributed by atoms with Crippen LogP contribution in [0.3, 0.4) is 0 Å². The molecule has 0 bridgehead atoms. The molecule has 3 nitrogen and oxygen atoms in total. The minimum atomic E-state index is -0.505. The number of ether oxygens (including phenoxy) is 1. The van der Waals surface area contributed by atoms with Crippen LogP contribution in [0.2, 0.25) is 0 Å². The van der Waals surface area contributed by atoms with Gasteiger partial charge >= 0.3 is 0 Å². The Morgan fingerprint density at radius 1 is 1.05 bits per heavy atom. The third kappa shape index (κ3) is 3.58. The van der Waals surface area contributed by atoms with Gasteiger partial charge in [-0.25, -0.2) is 0 Å². The molecular formula is C17H21NO2. The van der Waals surface area contributed by atoms with E-state index in [-0.39, 0.29) is 0 Å². The standard InChI is InChI=1S/C17H21NO2/c1-4-17(19)16-10-9-15(11-18-16)20-14-7-5-13(6-8-14)12(2)3/h5-12,17,19H,4H2,1-3H3/t17-/m0/s1. The molecule has 0 amide bonds. The number of nitrogens with zero attached hydrogens (tertiary/aromatic N) is 1. The molecule has 0 spiro atoms. The number of aliphatic hydroxyl groups is 1. The molecule has 0 aliphatic carbocycles. The van der Waals surface area contributed by atoms with E-state index >= 15 is 0 Å². The fraction of sp³-hybridized carbons (Fsp3) is 0.353. The molecule has 0 saturated carbocycles. The Bertz CT molecular complexity index is 532. The smallest absolute Gasteiger partial charge is 0.145 e. The first kappa shape index (κ1) is 14.5. The van der Waals surface area contributed by atoms with Crippen molar-refractivity contribution in [2.45, 2.75) is 39.2 Å². The van der Waals surface area contributed by atoms with Crippen molar-refractivity contribution in [2.75, 3.05) is 0 Å². The Morgan fingerprint density at radius 2 is 1.70 bits per heavy atom. The van der Waals surface area contributed by atoms with Gasteiger partial charge < -0.3 is 9.84 Å². The Labute approximate surface area is 120 Å². The summed E-state index contributed by atoms with van der Waals surface area (Å²) in [5.41, 5.74) is 1.96. The highest BCUT2D eigenvalue weighted by atomic mass is 16.5. The largest absolute Gasteiger partial charge is 0.456 e. The molecule has 1 N–H and O–H groups in total. The number of rotatable bonds is 5. The molecule has 106 valence electrons. The molecule has 2 aromatic rings. The highest BCUT2D eigenvalue weighted by Crippen LogP contribution is 2.24. The van der Waals surface area contributed by atoms with E-state index in [1.54, 1.807) is 12.3 Å². The maximum atomic E-state index is 9.69. The first-order valence-electron chi connectivity index (χ1n) is 7.02. The molecule has 1 aromatic heterocycles. The lowest BCUT2D eigenvalue weighted by Gasteiger charge is -2.10. The summed E-state index contributed by atoms with van der Waals surface area (Å²) in [6.45, 7) is 6.25. The highest BCUT2D eigenvalue weighted by Gasteiger charge is 2.06. The van der Waals surface area contributed by atoms with Crippen LogP contribution in [0, 0.1) is 0 Å². The zero-order valence-corrected chi connectivity index (χ0v) is 12.2. The lowest BCUT2D eigenvalue weighted by Crippen LogP contribution is -1.98. The summed E-state index contributed by atoms with van der Waals surface area (Å²) in [5, 5.41) is 9.69. The Hall–Kier alpha value is -1.87. The van der Waals surface area contributed by atoms with Crippen molar-refractivity contribution in [3.05, 3.63) is 53.9 Å². The number of hydrogen-bond donors (Lipinski definition) is 1. The van der Waals surface area contributed by atoms with Crippen molar-refractivity contribution >= 4 is 0 Å². The zero-order chi connectivity index (χ0) is 14.5. The van der Waals surface area contributed by atoms with Crippen LogP contribution >= 0.6 is 0 Å². The van der Waals surface area contributed by atoms with Gasteiger partial charge in [-0.05, 0) is 42.2 Å². The van der Waals surface area contributed by atoms with Crippen molar-refractivity contribution < 1.29 is 9.84 Å². The molecule has 0 unspecified atom stereocenters. The molecule has 0 fully saturated rings. The summed E-state index contributed by atoms with van der Waals surface area (Å²) < 4.78 is 5.74. The summed E-state index contributed by atoms with van der Waals surface area (Å²) in [7, 11) is 0. The summed E-state index contributed by atoms with van der Waals surface area (Å²) in [6.07, 6.45) is 1.79. The molecule has 1 atom stereocenters. The fourth-order valence-corrected chi connectivity index (χ4v) is 1.92. The van der Waals surface area contributed by atoms with Crippen molar-refractivity contribution in [3.8, 4) is 11.5 Å². The van der Waals surface area contributed by atoms with E-state index in [2.05, 4.69) is 31.0 Å². The van der Waals surface area contributed by atoms with Gasteiger partial charge in [0.25, 0.3) is 0 Å². The molecule has 2 rings (SSSR count). The second-order valence-corrected chi connectivity index (χ2v) is 5.17. The van der Waals surface area contributed by atoms with Gasteiger partial charge in [0.1, 0.15) is 11.5 Å². The van der Waals surface area contributed by atoms with Gasteiger partial charge in [0.05, 0.1) is 18.0 Å². The van der Waals surface area contributed by atoms with Gasteiger partial charge in [0, 0.05) is 0 Å². The quantitative estimate of drug-likeness (QED) is 0.874. The minimum absolute atomic E-state index is 0.505. The van der Waals surface area contributed by atoms with E-state index in [9.17, 15) is 5.11 Å². The first-order chi connectivity index (χ1) is 9.60. The average molecular weight is 271 g/mol. The van der Waals surface area contributed by atoms with Crippen molar-refractivity contribution in [3.63, 3.8) is 0 Å². The first-order valence-corrected chi connectivity index (χ1v) is 7.02. The fourth-order valence-electron chi connectivity index (χ4n) is 1.92. The van der Waals surface area contributed by atoms with Crippen LogP contribution in [-0.2, 0) is 0 Å². The van der Waals surface area contributed by atoms with Crippen LogP contribution in [0.1, 0.15) is 50.5 Å². The molecule has 1 heterocycles. The summed E-state index contributed by atoms with van der Waals surface area (Å²) in [6, 6.07) is 11.7. The topological polar surface area (TPSA) is 42.4 Å². The van der Waals surface area contributed by atoms with Crippen molar-refractivity contribution in [1.29, 1.82) is 0 Å². The lowest BCUT2D eigenvalue weighted by atomic mass is 10.0. The highest BCUT2D eigenvalue weighted by molar-refractivity contribution is 5.33. The second kappa shape index (κ2) is 6.53. The van der Waals surface area contributed by atoms with Crippen molar-refractivity contribution in [2.24, 2.45) is 0 Å². The normalized spacial score (nSPS) is 12.4. The van der Waals surface area contributed by atoms with E-state index in [0.29, 0.717) is 23.8 Å². The second-order valence-electron chi connectivity index (χ2n) is 5.17. The molecule has 0 saturated heterocycles. The number of hydrogen-bond acceptors (Lipinski definition) is 3. The SMILES string of the molecule is CC[C@H](O)c1ccc(Oc2ccc(C(C)C)cc2)cn1. The third-order valence-electron chi connectivity index (χ3n) is 3.27. The molecule has 0 aliphatic heterocycles. The molecule has 0 aliphatic rings. The predicted octanol–water partition coefficient (Wildman–Crippen LogP) is 4.44. The molecule has 1 aromatic carbocycles. The summed E-state index contributed by atoms with van der Waals surface area (Å²) in [4.78, 5) is 4.22. The minimum Gasteiger partial charge on any atom is -0.456 e. The van der Waals surface area contributed by atoms with Crippen LogP contribution in [0.15, 0.2) is 42.6 Å². The van der Waals surface area contributed by atoms with E-state index in [1.165, 1.54) is 5.56 Å².